The highest BCUT2D eigenvalue weighted by Crippen LogP contribution is 2.57. The summed E-state index contributed by atoms with van der Waals surface area (Å²) in [6.45, 7) is 4.14. The summed E-state index contributed by atoms with van der Waals surface area (Å²) in [6, 6.07) is 3.07. The van der Waals surface area contributed by atoms with Crippen LogP contribution in [0.4, 0.5) is 11.4 Å². The standard InChI is InChI=1S/C45H48N2O11/c1-19-14-25-31-36-33(41(50)40(25)47-18-22-8-12-24(13-9-22)45(54)55)27(49)16-29(57-4)35(36)34-28(56-3)15-26(46-17-21-6-10-23(11-7-21)44(52)53)32-38(34)37(31)39(30(19)20(2)48)43(58-5)42(32)51/h14-16,21-24,30,46-47,50H,6-13,17-18H2,1-5H3,(H,52,53)(H,54,55). The molecule has 5 N–H and O–H groups in total. The van der Waals surface area contributed by atoms with Gasteiger partial charge in [-0.25, -0.2) is 0 Å². The molecule has 8 rings (SSSR count). The van der Waals surface area contributed by atoms with Crippen molar-refractivity contribution in [2.45, 2.75) is 71.1 Å². The Morgan fingerprint density at radius 3 is 1.74 bits per heavy atom. The summed E-state index contributed by atoms with van der Waals surface area (Å²) in [7, 11) is 4.37. The molecule has 5 aromatic carbocycles. The number of allylic oxidation sites excluding steroid dienone is 1. The molecule has 2 fully saturated rings. The highest BCUT2D eigenvalue weighted by molar-refractivity contribution is 6.40. The van der Waals surface area contributed by atoms with Crippen molar-refractivity contribution in [2.24, 2.45) is 23.7 Å². The van der Waals surface area contributed by atoms with E-state index in [0.29, 0.717) is 136 Å². The van der Waals surface area contributed by atoms with Gasteiger partial charge in [-0.05, 0) is 82.4 Å². The van der Waals surface area contributed by atoms with Crippen LogP contribution in [-0.2, 0) is 14.4 Å². The van der Waals surface area contributed by atoms with Gasteiger partial charge >= 0.3 is 11.9 Å². The van der Waals surface area contributed by atoms with E-state index < -0.39 is 34.6 Å². The smallest absolute Gasteiger partial charge is 0.306 e. The number of phenols is 1. The largest absolute Gasteiger partial charge is 0.505 e. The highest BCUT2D eigenvalue weighted by atomic mass is 16.5. The maximum atomic E-state index is 15.0. The minimum atomic E-state index is -0.926. The number of ether oxygens (including phenoxy) is 3. The number of carbonyl (C=O) groups excluding carboxylic acids is 1. The minimum absolute atomic E-state index is 0.0101. The van der Waals surface area contributed by atoms with E-state index in [1.807, 2.05) is 6.08 Å². The molecule has 1 unspecified atom stereocenters. The van der Waals surface area contributed by atoms with Gasteiger partial charge in [-0.3, -0.25) is 24.0 Å². The van der Waals surface area contributed by atoms with Gasteiger partial charge in [-0.1, -0.05) is 11.6 Å². The van der Waals surface area contributed by atoms with Crippen LogP contribution in [0.1, 0.15) is 82.3 Å². The van der Waals surface area contributed by atoms with Crippen LogP contribution in [0.15, 0.2) is 27.3 Å². The molecule has 0 aromatic heterocycles. The number of carbonyl (C=O) groups is 3. The van der Waals surface area contributed by atoms with Gasteiger partial charge in [0.25, 0.3) is 0 Å². The fourth-order valence-corrected chi connectivity index (χ4v) is 10.3. The van der Waals surface area contributed by atoms with Crippen LogP contribution < -0.4 is 35.7 Å². The molecule has 0 radical (unpaired) electrons. The van der Waals surface area contributed by atoms with Gasteiger partial charge in [-0.15, -0.1) is 0 Å². The number of rotatable bonds is 12. The van der Waals surface area contributed by atoms with Crippen molar-refractivity contribution in [2.75, 3.05) is 45.1 Å². The first-order chi connectivity index (χ1) is 27.8. The number of nitrogens with one attached hydrogen (secondary N) is 2. The fraction of sp³-hybridized carbons (Fsp3) is 0.444. The number of Topliss-reactive ketones (excluding diaryl/α,β-unsaturated/α-hetero) is 1. The van der Waals surface area contributed by atoms with Crippen LogP contribution in [0.5, 0.6) is 23.0 Å². The van der Waals surface area contributed by atoms with E-state index in [1.165, 1.54) is 34.3 Å². The van der Waals surface area contributed by atoms with Gasteiger partial charge in [0.15, 0.2) is 16.9 Å². The average Bonchev–Trinajstić information content (AvgIpc) is 3.33. The summed E-state index contributed by atoms with van der Waals surface area (Å²) in [5.41, 5.74) is 1.34. The average molecular weight is 793 g/mol. The van der Waals surface area contributed by atoms with E-state index >= 15 is 4.79 Å². The van der Waals surface area contributed by atoms with Crippen LogP contribution in [0, 0.1) is 23.7 Å². The lowest BCUT2D eigenvalue weighted by molar-refractivity contribution is -0.144. The van der Waals surface area contributed by atoms with E-state index in [9.17, 15) is 34.5 Å². The molecule has 0 heterocycles. The highest BCUT2D eigenvalue weighted by Gasteiger charge is 2.38. The van der Waals surface area contributed by atoms with Crippen LogP contribution in [0.25, 0.3) is 49.2 Å². The first-order valence-corrected chi connectivity index (χ1v) is 20.0. The molecule has 0 aliphatic heterocycles. The summed E-state index contributed by atoms with van der Waals surface area (Å²) < 4.78 is 18.0. The monoisotopic (exact) mass is 792 g/mol. The molecule has 0 amide bonds. The first kappa shape index (κ1) is 39.0. The molecule has 13 heteroatoms. The van der Waals surface area contributed by atoms with Crippen molar-refractivity contribution in [3.05, 3.63) is 49.3 Å². The summed E-state index contributed by atoms with van der Waals surface area (Å²) in [6.07, 6.45) is 6.81. The molecule has 3 aliphatic carbocycles. The molecular weight excluding hydrogens is 744 g/mol. The number of aromatic hydroxyl groups is 1. The summed E-state index contributed by atoms with van der Waals surface area (Å²) in [5.74, 6) is -2.94. The number of benzene rings is 5. The van der Waals surface area contributed by atoms with E-state index in [4.69, 9.17) is 14.2 Å². The summed E-state index contributed by atoms with van der Waals surface area (Å²) >= 11 is 0. The predicted octanol–water partition coefficient (Wildman–Crippen LogP) is 7.32. The first-order valence-electron chi connectivity index (χ1n) is 20.0. The molecule has 3 aliphatic rings. The zero-order valence-corrected chi connectivity index (χ0v) is 33.3. The molecule has 2 saturated carbocycles. The number of ketones is 1. The maximum Gasteiger partial charge on any atom is 0.306 e. The van der Waals surface area contributed by atoms with Gasteiger partial charge in [0.2, 0.25) is 5.43 Å². The predicted molar refractivity (Wildman–Crippen MR) is 223 cm³/mol. The molecule has 13 nitrogen and oxygen atoms in total. The minimum Gasteiger partial charge on any atom is -0.505 e. The summed E-state index contributed by atoms with van der Waals surface area (Å²) in [5, 5.41) is 41.6. The number of carboxylic acids is 2. The van der Waals surface area contributed by atoms with Crippen LogP contribution in [0.3, 0.4) is 0 Å². The van der Waals surface area contributed by atoms with Gasteiger partial charge in [0, 0.05) is 69.0 Å². The van der Waals surface area contributed by atoms with E-state index in [-0.39, 0.29) is 46.2 Å². The molecule has 304 valence electrons. The molecule has 0 spiro atoms. The number of phenolic OH excluding ortho intramolecular Hbond substituents is 1. The fourth-order valence-electron chi connectivity index (χ4n) is 10.3. The number of hydrogen-bond donors (Lipinski definition) is 5. The van der Waals surface area contributed by atoms with Gasteiger partial charge in [0.05, 0.1) is 55.5 Å². The van der Waals surface area contributed by atoms with Gasteiger partial charge < -0.3 is 40.2 Å². The van der Waals surface area contributed by atoms with Crippen molar-refractivity contribution >= 4 is 78.3 Å². The number of carboxylic acid groups (broad SMARTS) is 2. The normalized spacial score (nSPS) is 21.9. The zero-order valence-electron chi connectivity index (χ0n) is 33.3. The molecule has 58 heavy (non-hydrogen) atoms. The van der Waals surface area contributed by atoms with Crippen LogP contribution in [0.2, 0.25) is 0 Å². The Kier molecular flexibility index (Phi) is 9.97. The second-order valence-corrected chi connectivity index (χ2v) is 16.4. The zero-order chi connectivity index (χ0) is 41.3. The third-order valence-electron chi connectivity index (χ3n) is 13.2. The molecular formula is C45H48N2O11. The number of anilines is 2. The molecule has 5 aromatic rings. The van der Waals surface area contributed by atoms with Crippen molar-refractivity contribution in [3.63, 3.8) is 0 Å². The van der Waals surface area contributed by atoms with E-state index in [2.05, 4.69) is 10.6 Å². The number of methoxy groups -OCH3 is 3. The number of fused-ring (bicyclic) bond motifs is 1. The van der Waals surface area contributed by atoms with Gasteiger partial charge in [-0.2, -0.15) is 0 Å². The second kappa shape index (κ2) is 14.8. The van der Waals surface area contributed by atoms with Crippen LogP contribution in [-0.4, -0.2) is 67.5 Å². The van der Waals surface area contributed by atoms with E-state index in [1.54, 1.807) is 13.0 Å². The van der Waals surface area contributed by atoms with Crippen LogP contribution >= 0.6 is 0 Å². The SMILES string of the molecule is COc1c2c3c4c(c(NCC5CCC(C(=O)O)CC5)c(O)c5c(=O)cc(OC)c(c6c(OC)cc(NCC7CCC(C(=O)O)CC7)c(c1=O)c63)c54)C=C(C)C2C(C)=O. The Hall–Kier alpha value is -5.85. The lowest BCUT2D eigenvalue weighted by atomic mass is 9.80. The lowest BCUT2D eigenvalue weighted by Crippen LogP contribution is -2.25. The third-order valence-corrected chi connectivity index (χ3v) is 13.2. The third kappa shape index (κ3) is 6.00. The Morgan fingerprint density at radius 2 is 1.22 bits per heavy atom. The lowest BCUT2D eigenvalue weighted by Gasteiger charge is -2.28. The Labute approximate surface area is 333 Å². The molecule has 0 bridgehead atoms. The quantitative estimate of drug-likeness (QED) is 0.0479. The maximum absolute atomic E-state index is 15.0. The second-order valence-electron chi connectivity index (χ2n) is 16.4. The topological polar surface area (TPSA) is 198 Å². The Morgan fingerprint density at radius 1 is 0.690 bits per heavy atom. The molecule has 0 saturated heterocycles. The van der Waals surface area contributed by atoms with Crippen molar-refractivity contribution in [1.82, 2.24) is 0 Å². The Bertz CT molecular complexity index is 2670. The molecule has 1 atom stereocenters. The van der Waals surface area contributed by atoms with Crippen molar-refractivity contribution < 1.29 is 43.9 Å². The van der Waals surface area contributed by atoms with Crippen molar-refractivity contribution in [3.8, 4) is 23.0 Å². The number of aliphatic carboxylic acids is 2. The number of hydrogen-bond acceptors (Lipinski definition) is 11. The van der Waals surface area contributed by atoms with E-state index in [0.717, 1.165) is 0 Å². The Balaban J connectivity index is 1.46. The van der Waals surface area contributed by atoms with Crippen molar-refractivity contribution in [1.29, 1.82) is 0 Å². The van der Waals surface area contributed by atoms with Gasteiger partial charge in [0.1, 0.15) is 17.3 Å². The summed E-state index contributed by atoms with van der Waals surface area (Å²) in [4.78, 5) is 66.4.